The highest BCUT2D eigenvalue weighted by molar-refractivity contribution is 5.75. The van der Waals surface area contributed by atoms with Crippen LogP contribution in [0.3, 0.4) is 0 Å². The summed E-state index contributed by atoms with van der Waals surface area (Å²) in [5.41, 5.74) is 2.18. The first-order valence-electron chi connectivity index (χ1n) is 7.04. The van der Waals surface area contributed by atoms with Crippen molar-refractivity contribution in [1.82, 2.24) is 5.32 Å². The standard InChI is InChI=1S/C16H17FN2O3/c1-22-16(21)10-2-7-13-14(8-10)18-9-19(15(13)20)12-5-3-11(17)4-6-12/h3-8,10,15,18,20H,2,9H2,1H3. The second-order valence-corrected chi connectivity index (χ2v) is 5.26. The van der Waals surface area contributed by atoms with Crippen molar-refractivity contribution in [2.45, 2.75) is 12.6 Å². The van der Waals surface area contributed by atoms with E-state index in [2.05, 4.69) is 5.32 Å². The van der Waals surface area contributed by atoms with Crippen LogP contribution in [-0.2, 0) is 9.53 Å². The van der Waals surface area contributed by atoms with Gasteiger partial charge in [-0.15, -0.1) is 0 Å². The first-order valence-corrected chi connectivity index (χ1v) is 7.04. The Labute approximate surface area is 127 Å². The molecule has 2 aliphatic rings. The van der Waals surface area contributed by atoms with Gasteiger partial charge in [0.25, 0.3) is 0 Å². The second-order valence-electron chi connectivity index (χ2n) is 5.26. The Hall–Kier alpha value is -2.34. The number of methoxy groups -OCH3 is 1. The molecule has 1 aliphatic carbocycles. The summed E-state index contributed by atoms with van der Waals surface area (Å²) in [5.74, 6) is -0.942. The van der Waals surface area contributed by atoms with Crippen LogP contribution in [-0.4, -0.2) is 31.1 Å². The van der Waals surface area contributed by atoms with Crippen molar-refractivity contribution in [2.75, 3.05) is 18.7 Å². The summed E-state index contributed by atoms with van der Waals surface area (Å²) in [5, 5.41) is 13.7. The fraction of sp³-hybridized carbons (Fsp3) is 0.312. The van der Waals surface area contributed by atoms with Gasteiger partial charge in [0.2, 0.25) is 0 Å². The number of hydrogen-bond acceptors (Lipinski definition) is 5. The SMILES string of the molecule is COC(=O)C1C=C2NCN(c3ccc(F)cc3)C(O)C2=CC1. The molecule has 0 aromatic heterocycles. The van der Waals surface area contributed by atoms with E-state index < -0.39 is 6.23 Å². The van der Waals surface area contributed by atoms with Crippen molar-refractivity contribution in [3.8, 4) is 0 Å². The highest BCUT2D eigenvalue weighted by Crippen LogP contribution is 2.31. The maximum absolute atomic E-state index is 13.0. The summed E-state index contributed by atoms with van der Waals surface area (Å²) in [6.07, 6.45) is 3.27. The lowest BCUT2D eigenvalue weighted by atomic mass is 9.92. The van der Waals surface area contributed by atoms with E-state index in [1.165, 1.54) is 19.2 Å². The van der Waals surface area contributed by atoms with Gasteiger partial charge in [0, 0.05) is 17.0 Å². The molecular weight excluding hydrogens is 287 g/mol. The number of carbonyl (C=O) groups excluding carboxylic acids is 1. The zero-order valence-electron chi connectivity index (χ0n) is 12.1. The monoisotopic (exact) mass is 304 g/mol. The lowest BCUT2D eigenvalue weighted by Crippen LogP contribution is -2.50. The van der Waals surface area contributed by atoms with Crippen LogP contribution in [0.2, 0.25) is 0 Å². The Kier molecular flexibility index (Phi) is 3.85. The number of nitrogens with zero attached hydrogens (tertiary/aromatic N) is 1. The molecule has 1 fully saturated rings. The van der Waals surface area contributed by atoms with E-state index in [0.717, 1.165) is 17.0 Å². The zero-order chi connectivity index (χ0) is 15.7. The molecule has 6 heteroatoms. The number of nitrogens with one attached hydrogen (secondary N) is 1. The average molecular weight is 304 g/mol. The maximum Gasteiger partial charge on any atom is 0.312 e. The third-order valence-electron chi connectivity index (χ3n) is 3.95. The molecule has 0 radical (unpaired) electrons. The van der Waals surface area contributed by atoms with E-state index in [1.807, 2.05) is 6.08 Å². The first-order chi connectivity index (χ1) is 10.6. The summed E-state index contributed by atoms with van der Waals surface area (Å²) in [7, 11) is 1.36. The van der Waals surface area contributed by atoms with Crippen molar-refractivity contribution >= 4 is 11.7 Å². The van der Waals surface area contributed by atoms with Crippen LogP contribution in [0.15, 0.2) is 47.7 Å². The molecule has 22 heavy (non-hydrogen) atoms. The average Bonchev–Trinajstić information content (AvgIpc) is 2.55. The van der Waals surface area contributed by atoms with Crippen LogP contribution in [0.5, 0.6) is 0 Å². The highest BCUT2D eigenvalue weighted by atomic mass is 19.1. The number of carbonyl (C=O) groups is 1. The molecule has 1 saturated heterocycles. The van der Waals surface area contributed by atoms with Crippen LogP contribution < -0.4 is 10.2 Å². The van der Waals surface area contributed by atoms with Crippen LogP contribution in [0.4, 0.5) is 10.1 Å². The minimum absolute atomic E-state index is 0.292. The molecule has 1 aliphatic heterocycles. The van der Waals surface area contributed by atoms with Crippen LogP contribution >= 0.6 is 0 Å². The number of aliphatic hydroxyl groups excluding tert-OH is 1. The number of benzene rings is 1. The van der Waals surface area contributed by atoms with E-state index in [-0.39, 0.29) is 17.7 Å². The minimum atomic E-state index is -0.837. The number of esters is 1. The largest absolute Gasteiger partial charge is 0.469 e. The quantitative estimate of drug-likeness (QED) is 0.811. The Morgan fingerprint density at radius 2 is 2.14 bits per heavy atom. The van der Waals surface area contributed by atoms with Gasteiger partial charge in [-0.25, -0.2) is 4.39 Å². The maximum atomic E-state index is 13.0. The second kappa shape index (κ2) is 5.81. The van der Waals surface area contributed by atoms with Gasteiger partial charge in [0.1, 0.15) is 5.82 Å². The third-order valence-corrected chi connectivity index (χ3v) is 3.95. The molecule has 3 rings (SSSR count). The van der Waals surface area contributed by atoms with Gasteiger partial charge >= 0.3 is 5.97 Å². The van der Waals surface area contributed by atoms with E-state index >= 15 is 0 Å². The van der Waals surface area contributed by atoms with Gasteiger partial charge in [-0.05, 0) is 36.8 Å². The number of halogens is 1. The number of aliphatic hydroxyl groups is 1. The van der Waals surface area contributed by atoms with E-state index in [4.69, 9.17) is 4.74 Å². The minimum Gasteiger partial charge on any atom is -0.469 e. The fourth-order valence-electron chi connectivity index (χ4n) is 2.74. The number of ether oxygens (including phenoxy) is 1. The molecule has 2 atom stereocenters. The predicted octanol–water partition coefficient (Wildman–Crippen LogP) is 1.51. The Bertz CT molecular complexity index is 639. The highest BCUT2D eigenvalue weighted by Gasteiger charge is 2.32. The lowest BCUT2D eigenvalue weighted by molar-refractivity contribution is -0.143. The van der Waals surface area contributed by atoms with Gasteiger partial charge in [-0.1, -0.05) is 6.08 Å². The van der Waals surface area contributed by atoms with Crippen molar-refractivity contribution in [3.05, 3.63) is 53.5 Å². The van der Waals surface area contributed by atoms with Gasteiger partial charge < -0.3 is 20.1 Å². The smallest absolute Gasteiger partial charge is 0.312 e. The number of allylic oxidation sites excluding steroid dienone is 1. The molecule has 5 nitrogen and oxygen atoms in total. The van der Waals surface area contributed by atoms with Crippen molar-refractivity contribution in [1.29, 1.82) is 0 Å². The van der Waals surface area contributed by atoms with Crippen molar-refractivity contribution in [2.24, 2.45) is 5.92 Å². The summed E-state index contributed by atoms with van der Waals surface area (Å²) in [4.78, 5) is 13.3. The molecular formula is C16H17FN2O3. The third kappa shape index (κ3) is 2.57. The summed E-state index contributed by atoms with van der Waals surface area (Å²) in [6, 6.07) is 5.96. The molecule has 1 aromatic carbocycles. The molecule has 2 unspecified atom stereocenters. The van der Waals surface area contributed by atoms with Gasteiger partial charge in [0.05, 0.1) is 19.7 Å². The van der Waals surface area contributed by atoms with Crippen LogP contribution in [0.25, 0.3) is 0 Å². The van der Waals surface area contributed by atoms with Crippen LogP contribution in [0, 0.1) is 11.7 Å². The molecule has 0 bridgehead atoms. The molecule has 0 amide bonds. The molecule has 1 heterocycles. The van der Waals surface area contributed by atoms with Gasteiger partial charge in [-0.2, -0.15) is 0 Å². The van der Waals surface area contributed by atoms with Gasteiger partial charge in [0.15, 0.2) is 6.23 Å². The fourth-order valence-corrected chi connectivity index (χ4v) is 2.74. The van der Waals surface area contributed by atoms with Crippen molar-refractivity contribution < 1.29 is 19.0 Å². The normalized spacial score (nSPS) is 23.9. The van der Waals surface area contributed by atoms with E-state index in [1.54, 1.807) is 23.1 Å². The summed E-state index contributed by atoms with van der Waals surface area (Å²) >= 11 is 0. The molecule has 116 valence electrons. The Morgan fingerprint density at radius 3 is 2.82 bits per heavy atom. The molecule has 0 saturated carbocycles. The number of hydrogen-bond donors (Lipinski definition) is 2. The Balaban J connectivity index is 1.81. The topological polar surface area (TPSA) is 61.8 Å². The Morgan fingerprint density at radius 1 is 1.41 bits per heavy atom. The van der Waals surface area contributed by atoms with Crippen LogP contribution in [0.1, 0.15) is 6.42 Å². The number of fused-ring (bicyclic) bond motifs is 1. The summed E-state index contributed by atoms with van der Waals surface area (Å²) in [6.45, 7) is 0.365. The summed E-state index contributed by atoms with van der Waals surface area (Å²) < 4.78 is 17.8. The number of rotatable bonds is 2. The van der Waals surface area contributed by atoms with Gasteiger partial charge in [-0.3, -0.25) is 4.79 Å². The van der Waals surface area contributed by atoms with E-state index in [9.17, 15) is 14.3 Å². The molecule has 1 aromatic rings. The zero-order valence-corrected chi connectivity index (χ0v) is 12.1. The number of anilines is 1. The predicted molar refractivity (Wildman–Crippen MR) is 79.2 cm³/mol. The lowest BCUT2D eigenvalue weighted by Gasteiger charge is -2.39. The molecule has 0 spiro atoms. The molecule has 2 N–H and O–H groups in total. The first kappa shape index (κ1) is 14.6. The van der Waals surface area contributed by atoms with Crippen molar-refractivity contribution in [3.63, 3.8) is 0 Å². The van der Waals surface area contributed by atoms with E-state index in [0.29, 0.717) is 13.1 Å².